The molecule has 0 radical (unpaired) electrons. The Balaban J connectivity index is 1.40. The smallest absolute Gasteiger partial charge is 0.0753 e. The maximum absolute atomic E-state index is 4.90. The quantitative estimate of drug-likeness (QED) is 0.235. The topological polar surface area (TPSA) is 25.8 Å². The molecule has 1 atom stereocenters. The second-order valence-electron chi connectivity index (χ2n) is 10.1. The van der Waals surface area contributed by atoms with E-state index in [-0.39, 0.29) is 5.41 Å². The van der Waals surface area contributed by atoms with Crippen LogP contribution in [0.5, 0.6) is 0 Å². The third kappa shape index (κ3) is 2.02. The molecule has 9 rings (SSSR count). The number of pyridine rings is 2. The highest BCUT2D eigenvalue weighted by molar-refractivity contribution is 5.98. The molecule has 2 aromatic heterocycles. The van der Waals surface area contributed by atoms with E-state index in [1.807, 2.05) is 6.20 Å². The lowest BCUT2D eigenvalue weighted by Crippen LogP contribution is -2.26. The Labute approximate surface area is 208 Å². The van der Waals surface area contributed by atoms with Crippen molar-refractivity contribution in [2.45, 2.75) is 11.8 Å². The predicted octanol–water partition coefficient (Wildman–Crippen LogP) is 7.54. The van der Waals surface area contributed by atoms with Gasteiger partial charge < -0.3 is 0 Å². The molecule has 0 aliphatic heterocycles. The number of hydrogen-bond donors (Lipinski definition) is 0. The van der Waals surface area contributed by atoms with Crippen LogP contribution in [0.15, 0.2) is 109 Å². The van der Waals surface area contributed by atoms with Crippen molar-refractivity contribution >= 4 is 10.9 Å². The zero-order valence-corrected chi connectivity index (χ0v) is 19.5. The number of rotatable bonds is 0. The zero-order chi connectivity index (χ0) is 23.4. The fourth-order valence-corrected chi connectivity index (χ4v) is 7.24. The van der Waals surface area contributed by atoms with Crippen molar-refractivity contribution in [3.8, 4) is 33.5 Å². The van der Waals surface area contributed by atoms with E-state index in [1.165, 1.54) is 66.6 Å². The molecule has 0 saturated carbocycles. The molecule has 0 N–H and O–H groups in total. The number of aromatic nitrogens is 2. The minimum atomic E-state index is -0.337. The predicted molar refractivity (Wildman–Crippen MR) is 144 cm³/mol. The summed E-state index contributed by atoms with van der Waals surface area (Å²) in [4.78, 5) is 9.71. The Morgan fingerprint density at radius 2 is 1.31 bits per heavy atom. The van der Waals surface area contributed by atoms with Crippen molar-refractivity contribution < 1.29 is 0 Å². The van der Waals surface area contributed by atoms with Gasteiger partial charge >= 0.3 is 0 Å². The molecule has 2 nitrogen and oxygen atoms in total. The molecule has 1 unspecified atom stereocenters. The van der Waals surface area contributed by atoms with Gasteiger partial charge in [-0.2, -0.15) is 0 Å². The summed E-state index contributed by atoms with van der Waals surface area (Å²) < 4.78 is 0. The highest BCUT2D eigenvalue weighted by Crippen LogP contribution is 2.63. The molecule has 36 heavy (non-hydrogen) atoms. The number of nitrogens with zero attached hydrogens (tertiary/aromatic N) is 2. The maximum Gasteiger partial charge on any atom is 0.0753 e. The molecule has 0 fully saturated rings. The van der Waals surface area contributed by atoms with Crippen molar-refractivity contribution in [1.29, 1.82) is 0 Å². The summed E-state index contributed by atoms with van der Waals surface area (Å²) in [5.74, 6) is 0. The van der Waals surface area contributed by atoms with Crippen LogP contribution >= 0.6 is 0 Å². The van der Waals surface area contributed by atoms with Gasteiger partial charge in [0.2, 0.25) is 0 Å². The first-order chi connectivity index (χ1) is 17.9. The SMILES string of the molecule is c1ccc2c(c1)-c1cc3c(cc1C21c2ccccc2-c2ncccc21)Cc1c-3cnc2ccccc12. The summed E-state index contributed by atoms with van der Waals surface area (Å²) in [5.41, 5.74) is 16.5. The van der Waals surface area contributed by atoms with Crippen molar-refractivity contribution in [3.63, 3.8) is 0 Å². The molecule has 2 heterocycles. The van der Waals surface area contributed by atoms with E-state index in [0.717, 1.165) is 17.6 Å². The van der Waals surface area contributed by atoms with E-state index < -0.39 is 0 Å². The van der Waals surface area contributed by atoms with Crippen molar-refractivity contribution in [2.75, 3.05) is 0 Å². The minimum absolute atomic E-state index is 0.337. The monoisotopic (exact) mass is 456 g/mol. The molecule has 3 aliphatic carbocycles. The summed E-state index contributed by atoms with van der Waals surface area (Å²) in [6.07, 6.45) is 4.94. The normalized spacial score (nSPS) is 17.4. The summed E-state index contributed by atoms with van der Waals surface area (Å²) in [5, 5.41) is 1.27. The minimum Gasteiger partial charge on any atom is -0.256 e. The van der Waals surface area contributed by atoms with Gasteiger partial charge in [-0.1, -0.05) is 78.9 Å². The Morgan fingerprint density at radius 3 is 2.22 bits per heavy atom. The molecule has 4 aromatic carbocycles. The van der Waals surface area contributed by atoms with Crippen molar-refractivity contribution in [1.82, 2.24) is 9.97 Å². The van der Waals surface area contributed by atoms with E-state index >= 15 is 0 Å². The lowest BCUT2D eigenvalue weighted by Gasteiger charge is -2.30. The van der Waals surface area contributed by atoms with Gasteiger partial charge in [-0.15, -0.1) is 0 Å². The lowest BCUT2D eigenvalue weighted by atomic mass is 9.70. The first-order valence-corrected chi connectivity index (χ1v) is 12.6. The van der Waals surface area contributed by atoms with Gasteiger partial charge in [-0.3, -0.25) is 9.97 Å². The number of fused-ring (bicyclic) bond motifs is 15. The molecule has 6 aromatic rings. The second kappa shape index (κ2) is 6.35. The highest BCUT2D eigenvalue weighted by Gasteiger charge is 2.52. The average Bonchev–Trinajstić information content (AvgIpc) is 3.56. The zero-order valence-electron chi connectivity index (χ0n) is 19.5. The molecule has 0 bridgehead atoms. The fraction of sp³-hybridized carbons (Fsp3) is 0.0588. The largest absolute Gasteiger partial charge is 0.256 e. The van der Waals surface area contributed by atoms with Crippen LogP contribution in [0.2, 0.25) is 0 Å². The van der Waals surface area contributed by atoms with Crippen LogP contribution in [-0.4, -0.2) is 9.97 Å². The third-order valence-electron chi connectivity index (χ3n) is 8.61. The van der Waals surface area contributed by atoms with E-state index in [2.05, 4.69) is 103 Å². The van der Waals surface area contributed by atoms with E-state index in [9.17, 15) is 0 Å². The van der Waals surface area contributed by atoms with E-state index in [4.69, 9.17) is 9.97 Å². The van der Waals surface area contributed by atoms with Crippen molar-refractivity contribution in [3.05, 3.63) is 143 Å². The summed E-state index contributed by atoms with van der Waals surface area (Å²) in [6.45, 7) is 0. The lowest BCUT2D eigenvalue weighted by molar-refractivity contribution is 0.790. The molecule has 0 amide bonds. The van der Waals surface area contributed by atoms with Gasteiger partial charge in [0.25, 0.3) is 0 Å². The summed E-state index contributed by atoms with van der Waals surface area (Å²) in [7, 11) is 0. The summed E-state index contributed by atoms with van der Waals surface area (Å²) in [6, 6.07) is 35.7. The van der Waals surface area contributed by atoms with E-state index in [1.54, 1.807) is 0 Å². The number of para-hydroxylation sites is 1. The molecular weight excluding hydrogens is 436 g/mol. The van der Waals surface area contributed by atoms with Crippen LogP contribution in [0.4, 0.5) is 0 Å². The van der Waals surface area contributed by atoms with Crippen molar-refractivity contribution in [2.24, 2.45) is 0 Å². The van der Waals surface area contributed by atoms with Crippen LogP contribution < -0.4 is 0 Å². The van der Waals surface area contributed by atoms with Crippen LogP contribution in [0.25, 0.3) is 44.4 Å². The Morgan fingerprint density at radius 1 is 0.556 bits per heavy atom. The van der Waals surface area contributed by atoms with Crippen LogP contribution in [0, 0.1) is 0 Å². The molecular formula is C34H20N2. The standard InChI is InChI=1S/C34H20N2/c1-4-11-28-21(8-1)26-18-24-20(16-25-22-9-3-6-14-32(22)36-19-27(24)25)17-31(26)34(28)29-12-5-2-10-23(29)33-30(34)13-7-15-35-33/h1-15,17-19H,16H2. The number of benzene rings is 4. The fourth-order valence-electron chi connectivity index (χ4n) is 7.24. The Kier molecular flexibility index (Phi) is 3.31. The second-order valence-corrected chi connectivity index (χ2v) is 10.1. The van der Waals surface area contributed by atoms with Crippen LogP contribution in [0.3, 0.4) is 0 Å². The number of hydrogen-bond acceptors (Lipinski definition) is 2. The molecule has 3 aliphatic rings. The highest BCUT2D eigenvalue weighted by atomic mass is 14.7. The van der Waals surface area contributed by atoms with Gasteiger partial charge in [-0.25, -0.2) is 0 Å². The third-order valence-corrected chi connectivity index (χ3v) is 8.61. The Bertz CT molecular complexity index is 1890. The van der Waals surface area contributed by atoms with E-state index in [0.29, 0.717) is 0 Å². The molecule has 1 spiro atoms. The van der Waals surface area contributed by atoms with Crippen LogP contribution in [-0.2, 0) is 11.8 Å². The van der Waals surface area contributed by atoms with Gasteiger partial charge in [-0.05, 0) is 74.7 Å². The first-order valence-electron chi connectivity index (χ1n) is 12.6. The van der Waals surface area contributed by atoms with Gasteiger partial charge in [0.1, 0.15) is 0 Å². The van der Waals surface area contributed by atoms with Gasteiger partial charge in [0.15, 0.2) is 0 Å². The molecule has 166 valence electrons. The molecule has 2 heteroatoms. The maximum atomic E-state index is 4.90. The first kappa shape index (κ1) is 18.7. The molecule has 0 saturated heterocycles. The van der Waals surface area contributed by atoms with Gasteiger partial charge in [0, 0.05) is 28.9 Å². The average molecular weight is 457 g/mol. The van der Waals surface area contributed by atoms with Gasteiger partial charge in [0.05, 0.1) is 16.6 Å². The van der Waals surface area contributed by atoms with Crippen LogP contribution in [0.1, 0.15) is 33.4 Å². The Hall–Kier alpha value is -4.56. The summed E-state index contributed by atoms with van der Waals surface area (Å²) >= 11 is 0.